The molecular weight excluding hydrogens is 316 g/mol. The summed E-state index contributed by atoms with van der Waals surface area (Å²) < 4.78 is 0. The first-order chi connectivity index (χ1) is 11.5. The number of nitriles is 1. The van der Waals surface area contributed by atoms with E-state index in [9.17, 15) is 0 Å². The molecule has 0 saturated heterocycles. The smallest absolute Gasteiger partial charge is 0.191 e. The molecule has 1 heterocycles. The first-order valence-electron chi connectivity index (χ1n) is 8.10. The summed E-state index contributed by atoms with van der Waals surface area (Å²) in [6, 6.07) is 14.0. The molecule has 0 amide bonds. The van der Waals surface area contributed by atoms with Crippen molar-refractivity contribution in [3.8, 4) is 6.07 Å². The molecule has 0 aliphatic heterocycles. The zero-order valence-electron chi connectivity index (χ0n) is 14.5. The Balaban J connectivity index is 2.01. The van der Waals surface area contributed by atoms with Gasteiger partial charge in [-0.3, -0.25) is 0 Å². The second-order valence-corrected chi connectivity index (χ2v) is 7.17. The van der Waals surface area contributed by atoms with Crippen LogP contribution in [0.2, 0.25) is 0 Å². The van der Waals surface area contributed by atoms with Gasteiger partial charge in [-0.05, 0) is 36.1 Å². The summed E-state index contributed by atoms with van der Waals surface area (Å²) in [6.07, 6.45) is 0. The fraction of sp³-hybridized carbons (Fsp3) is 0.368. The van der Waals surface area contributed by atoms with Crippen LogP contribution in [0.1, 0.15) is 36.8 Å². The molecule has 0 atom stereocenters. The molecule has 2 aromatic rings. The molecule has 5 heteroatoms. The number of hydrogen-bond donors (Lipinski definition) is 2. The maximum atomic E-state index is 8.98. The van der Waals surface area contributed by atoms with Crippen LogP contribution in [-0.2, 0) is 12.0 Å². The number of benzene rings is 1. The van der Waals surface area contributed by atoms with Gasteiger partial charge in [-0.25, -0.2) is 4.99 Å². The lowest BCUT2D eigenvalue weighted by molar-refractivity contribution is 0.518. The van der Waals surface area contributed by atoms with E-state index in [-0.39, 0.29) is 5.41 Å². The Labute approximate surface area is 148 Å². The Hall–Kier alpha value is -2.32. The van der Waals surface area contributed by atoms with Crippen molar-refractivity contribution in [1.29, 1.82) is 5.26 Å². The summed E-state index contributed by atoms with van der Waals surface area (Å²) in [5.74, 6) is 0.796. The normalized spacial score (nSPS) is 11.8. The van der Waals surface area contributed by atoms with E-state index in [1.807, 2.05) is 18.2 Å². The second kappa shape index (κ2) is 8.51. The Morgan fingerprint density at radius 1 is 1.25 bits per heavy atom. The standard InChI is InChI=1S/C19H24N4S/c1-4-21-18(22-13-16-8-5-7-15(11-16)12-20)23-14-19(2,3)17-9-6-10-24-17/h5-11H,4,13-14H2,1-3H3,(H2,21,22,23). The molecule has 0 aliphatic rings. The molecule has 2 rings (SSSR count). The second-order valence-electron chi connectivity index (χ2n) is 6.22. The highest BCUT2D eigenvalue weighted by Gasteiger charge is 2.21. The predicted molar refractivity (Wildman–Crippen MR) is 101 cm³/mol. The number of guanidine groups is 1. The number of hydrogen-bond acceptors (Lipinski definition) is 3. The summed E-state index contributed by atoms with van der Waals surface area (Å²) in [4.78, 5) is 5.99. The molecule has 126 valence electrons. The molecule has 0 bridgehead atoms. The van der Waals surface area contributed by atoms with E-state index < -0.39 is 0 Å². The number of rotatable bonds is 6. The number of nitrogens with one attached hydrogen (secondary N) is 2. The average Bonchev–Trinajstić information content (AvgIpc) is 3.13. The quantitative estimate of drug-likeness (QED) is 0.623. The van der Waals surface area contributed by atoms with Crippen molar-refractivity contribution in [3.05, 3.63) is 57.8 Å². The lowest BCUT2D eigenvalue weighted by atomic mass is 9.91. The van der Waals surface area contributed by atoms with Crippen LogP contribution in [0.25, 0.3) is 0 Å². The molecular formula is C19H24N4S. The number of thiophene rings is 1. The molecule has 0 spiro atoms. The maximum absolute atomic E-state index is 8.98. The third-order valence-corrected chi connectivity index (χ3v) is 4.94. The van der Waals surface area contributed by atoms with Crippen LogP contribution in [0, 0.1) is 11.3 Å². The maximum Gasteiger partial charge on any atom is 0.191 e. The van der Waals surface area contributed by atoms with Crippen molar-refractivity contribution in [2.45, 2.75) is 32.7 Å². The fourth-order valence-corrected chi connectivity index (χ4v) is 3.16. The van der Waals surface area contributed by atoms with E-state index in [2.05, 4.69) is 60.0 Å². The van der Waals surface area contributed by atoms with Gasteiger partial charge < -0.3 is 10.6 Å². The van der Waals surface area contributed by atoms with Crippen molar-refractivity contribution in [3.63, 3.8) is 0 Å². The monoisotopic (exact) mass is 340 g/mol. The van der Waals surface area contributed by atoms with Gasteiger partial charge in [0.2, 0.25) is 0 Å². The van der Waals surface area contributed by atoms with E-state index in [1.165, 1.54) is 4.88 Å². The number of aliphatic imine (C=N–C) groups is 1. The highest BCUT2D eigenvalue weighted by molar-refractivity contribution is 7.10. The van der Waals surface area contributed by atoms with Crippen LogP contribution < -0.4 is 10.6 Å². The van der Waals surface area contributed by atoms with Gasteiger partial charge in [0.1, 0.15) is 0 Å². The van der Waals surface area contributed by atoms with Crippen molar-refractivity contribution in [2.24, 2.45) is 4.99 Å². The Morgan fingerprint density at radius 2 is 2.08 bits per heavy atom. The van der Waals surface area contributed by atoms with E-state index in [4.69, 9.17) is 5.26 Å². The van der Waals surface area contributed by atoms with Gasteiger partial charge >= 0.3 is 0 Å². The van der Waals surface area contributed by atoms with Gasteiger partial charge in [-0.1, -0.05) is 32.0 Å². The first-order valence-corrected chi connectivity index (χ1v) is 8.98. The van der Waals surface area contributed by atoms with Crippen LogP contribution >= 0.6 is 11.3 Å². The summed E-state index contributed by atoms with van der Waals surface area (Å²) in [6.45, 7) is 8.67. The van der Waals surface area contributed by atoms with E-state index >= 15 is 0 Å². The van der Waals surface area contributed by atoms with Gasteiger partial charge in [-0.2, -0.15) is 5.26 Å². The van der Waals surface area contributed by atoms with Crippen LogP contribution in [0.15, 0.2) is 46.8 Å². The van der Waals surface area contributed by atoms with Gasteiger partial charge in [0, 0.05) is 23.4 Å². The summed E-state index contributed by atoms with van der Waals surface area (Å²) in [7, 11) is 0. The van der Waals surface area contributed by atoms with Crippen LogP contribution in [0.5, 0.6) is 0 Å². The predicted octanol–water partition coefficient (Wildman–Crippen LogP) is 3.65. The Kier molecular flexibility index (Phi) is 6.39. The van der Waals surface area contributed by atoms with Crippen LogP contribution in [0.4, 0.5) is 0 Å². The summed E-state index contributed by atoms with van der Waals surface area (Å²) in [5, 5.41) is 17.8. The van der Waals surface area contributed by atoms with E-state index in [0.29, 0.717) is 12.1 Å². The molecule has 0 unspecified atom stereocenters. The third-order valence-electron chi connectivity index (χ3n) is 3.71. The SMILES string of the molecule is CCNC(=NCc1cccc(C#N)c1)NCC(C)(C)c1cccs1. The molecule has 0 saturated carbocycles. The van der Waals surface area contributed by atoms with Gasteiger partial charge in [0.05, 0.1) is 18.2 Å². The molecule has 1 aromatic heterocycles. The minimum absolute atomic E-state index is 0.0467. The van der Waals surface area contributed by atoms with Crippen molar-refractivity contribution in [2.75, 3.05) is 13.1 Å². The lowest BCUT2D eigenvalue weighted by Crippen LogP contribution is -2.43. The first kappa shape index (κ1) is 18.0. The van der Waals surface area contributed by atoms with Crippen molar-refractivity contribution in [1.82, 2.24) is 10.6 Å². The zero-order valence-corrected chi connectivity index (χ0v) is 15.3. The highest BCUT2D eigenvalue weighted by Crippen LogP contribution is 2.26. The highest BCUT2D eigenvalue weighted by atomic mass is 32.1. The molecule has 1 aromatic carbocycles. The van der Waals surface area contributed by atoms with Crippen molar-refractivity contribution >= 4 is 17.3 Å². The molecule has 0 fully saturated rings. The molecule has 4 nitrogen and oxygen atoms in total. The zero-order chi connectivity index (χ0) is 17.4. The van der Waals surface area contributed by atoms with Crippen LogP contribution in [-0.4, -0.2) is 19.0 Å². The Morgan fingerprint density at radius 3 is 2.75 bits per heavy atom. The molecule has 2 N–H and O–H groups in total. The van der Waals surface area contributed by atoms with Gasteiger partial charge in [0.25, 0.3) is 0 Å². The Bertz CT molecular complexity index is 711. The number of nitrogens with zero attached hydrogens (tertiary/aromatic N) is 2. The van der Waals surface area contributed by atoms with Gasteiger partial charge in [0.15, 0.2) is 5.96 Å². The lowest BCUT2D eigenvalue weighted by Gasteiger charge is -2.25. The topological polar surface area (TPSA) is 60.2 Å². The van der Waals surface area contributed by atoms with E-state index in [0.717, 1.165) is 24.6 Å². The van der Waals surface area contributed by atoms with Crippen molar-refractivity contribution < 1.29 is 0 Å². The molecule has 0 radical (unpaired) electrons. The summed E-state index contributed by atoms with van der Waals surface area (Å²) in [5.41, 5.74) is 1.74. The van der Waals surface area contributed by atoms with Crippen LogP contribution in [0.3, 0.4) is 0 Å². The van der Waals surface area contributed by atoms with Gasteiger partial charge in [-0.15, -0.1) is 11.3 Å². The summed E-state index contributed by atoms with van der Waals surface area (Å²) >= 11 is 1.78. The fourth-order valence-electron chi connectivity index (χ4n) is 2.31. The molecule has 0 aliphatic carbocycles. The minimum atomic E-state index is 0.0467. The molecule has 24 heavy (non-hydrogen) atoms. The largest absolute Gasteiger partial charge is 0.357 e. The third kappa shape index (κ3) is 5.10. The minimum Gasteiger partial charge on any atom is -0.357 e. The van der Waals surface area contributed by atoms with E-state index in [1.54, 1.807) is 17.4 Å². The average molecular weight is 340 g/mol.